The Morgan fingerprint density at radius 3 is 2.54 bits per heavy atom. The molecule has 124 valence electrons. The van der Waals surface area contributed by atoms with E-state index in [1.54, 1.807) is 42.5 Å². The number of nitrogens with one attached hydrogen (secondary N) is 2. The molecular formula is C19H20N2O3. The third kappa shape index (κ3) is 4.98. The second kappa shape index (κ2) is 8.53. The molecule has 0 aliphatic rings. The number of anilines is 1. The number of amides is 2. The van der Waals surface area contributed by atoms with Gasteiger partial charge in [0.05, 0.1) is 11.3 Å². The summed E-state index contributed by atoms with van der Waals surface area (Å²) in [6.45, 7) is 5.76. The molecule has 0 aromatic heterocycles. The topological polar surface area (TPSA) is 67.4 Å². The smallest absolute Gasteiger partial charge is 0.262 e. The summed E-state index contributed by atoms with van der Waals surface area (Å²) in [6, 6.07) is 14.2. The predicted molar refractivity (Wildman–Crippen MR) is 94.3 cm³/mol. The lowest BCUT2D eigenvalue weighted by Gasteiger charge is -2.11. The number of hydrogen-bond donors (Lipinski definition) is 2. The molecule has 0 radical (unpaired) electrons. The van der Waals surface area contributed by atoms with Crippen LogP contribution in [0.3, 0.4) is 0 Å². The highest BCUT2D eigenvalue weighted by Gasteiger charge is 2.12. The zero-order valence-electron chi connectivity index (χ0n) is 13.5. The lowest BCUT2D eigenvalue weighted by molar-refractivity contribution is -0.118. The second-order valence-electron chi connectivity index (χ2n) is 5.19. The fourth-order valence-corrected chi connectivity index (χ4v) is 2.02. The normalized spacial score (nSPS) is 9.88. The van der Waals surface area contributed by atoms with Gasteiger partial charge in [-0.25, -0.2) is 0 Å². The van der Waals surface area contributed by atoms with Crippen molar-refractivity contribution in [2.45, 2.75) is 6.92 Å². The molecule has 0 fully saturated rings. The second-order valence-corrected chi connectivity index (χ2v) is 5.19. The van der Waals surface area contributed by atoms with E-state index in [-0.39, 0.29) is 18.4 Å². The average molecular weight is 324 g/mol. The summed E-state index contributed by atoms with van der Waals surface area (Å²) in [5.41, 5.74) is 1.95. The number of para-hydroxylation sites is 1. The first-order valence-corrected chi connectivity index (χ1v) is 7.57. The standard InChI is InChI=1S/C19H20N2O3/c1-3-12-20-19(23)16-6-4-5-7-17(16)21-18(22)13-24-15-10-8-14(2)9-11-15/h3-11H,1,12-13H2,2H3,(H,20,23)(H,21,22). The third-order valence-corrected chi connectivity index (χ3v) is 3.24. The van der Waals surface area contributed by atoms with Gasteiger partial charge in [0.25, 0.3) is 11.8 Å². The molecule has 5 nitrogen and oxygen atoms in total. The van der Waals surface area contributed by atoms with Crippen LogP contribution in [-0.2, 0) is 4.79 Å². The number of hydrogen-bond acceptors (Lipinski definition) is 3. The summed E-state index contributed by atoms with van der Waals surface area (Å²) in [5, 5.41) is 5.38. The Hall–Kier alpha value is -3.08. The summed E-state index contributed by atoms with van der Waals surface area (Å²) in [6.07, 6.45) is 1.59. The molecule has 0 saturated heterocycles. The minimum absolute atomic E-state index is 0.133. The molecule has 2 N–H and O–H groups in total. The Labute approximate surface area is 141 Å². The van der Waals surface area contributed by atoms with Crippen LogP contribution in [0.4, 0.5) is 5.69 Å². The SMILES string of the molecule is C=CCNC(=O)c1ccccc1NC(=O)COc1ccc(C)cc1. The highest BCUT2D eigenvalue weighted by Crippen LogP contribution is 2.15. The van der Waals surface area contributed by atoms with Crippen molar-refractivity contribution < 1.29 is 14.3 Å². The molecule has 0 atom stereocenters. The highest BCUT2D eigenvalue weighted by molar-refractivity contribution is 6.04. The summed E-state index contributed by atoms with van der Waals surface area (Å²) >= 11 is 0. The van der Waals surface area contributed by atoms with Crippen LogP contribution in [0.5, 0.6) is 5.75 Å². The number of aryl methyl sites for hydroxylation is 1. The molecule has 0 bridgehead atoms. The van der Waals surface area contributed by atoms with Gasteiger partial charge in [-0.05, 0) is 31.2 Å². The monoisotopic (exact) mass is 324 g/mol. The third-order valence-electron chi connectivity index (χ3n) is 3.24. The summed E-state index contributed by atoms with van der Waals surface area (Å²) in [4.78, 5) is 24.1. The van der Waals surface area contributed by atoms with E-state index in [2.05, 4.69) is 17.2 Å². The Morgan fingerprint density at radius 2 is 1.83 bits per heavy atom. The van der Waals surface area contributed by atoms with Crippen molar-refractivity contribution in [3.05, 3.63) is 72.3 Å². The molecule has 2 aromatic rings. The maximum atomic E-state index is 12.1. The number of benzene rings is 2. The minimum Gasteiger partial charge on any atom is -0.484 e. The lowest BCUT2D eigenvalue weighted by Crippen LogP contribution is -2.26. The molecule has 2 aromatic carbocycles. The number of rotatable bonds is 7. The van der Waals surface area contributed by atoms with Gasteiger partial charge in [0.15, 0.2) is 6.61 Å². The van der Waals surface area contributed by atoms with Crippen LogP contribution >= 0.6 is 0 Å². The van der Waals surface area contributed by atoms with Gasteiger partial charge in [-0.2, -0.15) is 0 Å². The maximum Gasteiger partial charge on any atom is 0.262 e. The van der Waals surface area contributed by atoms with Gasteiger partial charge in [0.2, 0.25) is 0 Å². The molecule has 24 heavy (non-hydrogen) atoms. The van der Waals surface area contributed by atoms with E-state index in [4.69, 9.17) is 4.74 Å². The van der Waals surface area contributed by atoms with E-state index < -0.39 is 0 Å². The van der Waals surface area contributed by atoms with Crippen LogP contribution in [0.15, 0.2) is 61.2 Å². The minimum atomic E-state index is -0.334. The van der Waals surface area contributed by atoms with Crippen LogP contribution in [0, 0.1) is 6.92 Å². The van der Waals surface area contributed by atoms with E-state index in [0.717, 1.165) is 5.56 Å². The van der Waals surface area contributed by atoms with Crippen molar-refractivity contribution in [2.24, 2.45) is 0 Å². The Morgan fingerprint density at radius 1 is 1.12 bits per heavy atom. The van der Waals surface area contributed by atoms with Gasteiger partial charge >= 0.3 is 0 Å². The van der Waals surface area contributed by atoms with E-state index in [9.17, 15) is 9.59 Å². The van der Waals surface area contributed by atoms with E-state index in [1.165, 1.54) is 0 Å². The van der Waals surface area contributed by atoms with Gasteiger partial charge in [0, 0.05) is 6.54 Å². The van der Waals surface area contributed by atoms with Crippen LogP contribution in [0.2, 0.25) is 0 Å². The molecule has 0 unspecified atom stereocenters. The predicted octanol–water partition coefficient (Wildman–Crippen LogP) is 2.93. The molecular weight excluding hydrogens is 304 g/mol. The fraction of sp³-hybridized carbons (Fsp3) is 0.158. The largest absolute Gasteiger partial charge is 0.484 e. The van der Waals surface area contributed by atoms with Crippen LogP contribution in [0.25, 0.3) is 0 Å². The number of carbonyl (C=O) groups excluding carboxylic acids is 2. The molecule has 0 aliphatic carbocycles. The molecule has 2 amide bonds. The number of carbonyl (C=O) groups is 2. The van der Waals surface area contributed by atoms with Crippen molar-refractivity contribution in [2.75, 3.05) is 18.5 Å². The lowest BCUT2D eigenvalue weighted by atomic mass is 10.1. The molecule has 0 heterocycles. The van der Waals surface area contributed by atoms with Crippen molar-refractivity contribution in [3.8, 4) is 5.75 Å². The first kappa shape index (κ1) is 17.3. The van der Waals surface area contributed by atoms with E-state index in [1.807, 2.05) is 19.1 Å². The first-order valence-electron chi connectivity index (χ1n) is 7.57. The summed E-state index contributed by atoms with van der Waals surface area (Å²) < 4.78 is 5.43. The van der Waals surface area contributed by atoms with Crippen molar-refractivity contribution in [1.29, 1.82) is 0 Å². The number of ether oxygens (including phenoxy) is 1. The van der Waals surface area contributed by atoms with Gasteiger partial charge in [-0.15, -0.1) is 6.58 Å². The molecule has 0 spiro atoms. The van der Waals surface area contributed by atoms with E-state index in [0.29, 0.717) is 23.5 Å². The van der Waals surface area contributed by atoms with Crippen LogP contribution in [0.1, 0.15) is 15.9 Å². The molecule has 0 aliphatic heterocycles. The zero-order valence-corrected chi connectivity index (χ0v) is 13.5. The highest BCUT2D eigenvalue weighted by atomic mass is 16.5. The van der Waals surface area contributed by atoms with Crippen LogP contribution < -0.4 is 15.4 Å². The Balaban J connectivity index is 1.97. The van der Waals surface area contributed by atoms with Gasteiger partial charge in [0.1, 0.15) is 5.75 Å². The van der Waals surface area contributed by atoms with Crippen molar-refractivity contribution in [1.82, 2.24) is 5.32 Å². The van der Waals surface area contributed by atoms with Gasteiger partial charge < -0.3 is 15.4 Å². The zero-order chi connectivity index (χ0) is 17.4. The van der Waals surface area contributed by atoms with Gasteiger partial charge in [-0.1, -0.05) is 35.9 Å². The van der Waals surface area contributed by atoms with Crippen LogP contribution in [-0.4, -0.2) is 25.0 Å². The molecule has 0 saturated carbocycles. The van der Waals surface area contributed by atoms with E-state index >= 15 is 0 Å². The maximum absolute atomic E-state index is 12.1. The van der Waals surface area contributed by atoms with Crippen molar-refractivity contribution in [3.63, 3.8) is 0 Å². The first-order chi connectivity index (χ1) is 11.6. The molecule has 2 rings (SSSR count). The summed E-state index contributed by atoms with van der Waals surface area (Å²) in [7, 11) is 0. The quantitative estimate of drug-likeness (QED) is 0.770. The van der Waals surface area contributed by atoms with Gasteiger partial charge in [-0.3, -0.25) is 9.59 Å². The molecule has 5 heteroatoms. The average Bonchev–Trinajstić information content (AvgIpc) is 2.59. The summed E-state index contributed by atoms with van der Waals surface area (Å²) in [5.74, 6) is 0.0116. The Kier molecular flexibility index (Phi) is 6.14. The fourth-order valence-electron chi connectivity index (χ4n) is 2.02. The van der Waals surface area contributed by atoms with Crippen molar-refractivity contribution >= 4 is 17.5 Å². The Bertz CT molecular complexity index is 724.